The van der Waals surface area contributed by atoms with E-state index in [-0.39, 0.29) is 5.91 Å². The molecule has 0 aliphatic carbocycles. The highest BCUT2D eigenvalue weighted by Gasteiger charge is 1.98. The van der Waals surface area contributed by atoms with Crippen molar-refractivity contribution in [1.82, 2.24) is 5.32 Å². The minimum absolute atomic E-state index is 0.124. The molecular weight excluding hydrogens is 218 g/mol. The van der Waals surface area contributed by atoms with Crippen molar-refractivity contribution in [3.8, 4) is 0 Å². The maximum Gasteiger partial charge on any atom is 0.220 e. The van der Waals surface area contributed by atoms with Crippen molar-refractivity contribution in [2.75, 3.05) is 11.9 Å². The van der Waals surface area contributed by atoms with Gasteiger partial charge in [-0.15, -0.1) is 0 Å². The second-order valence-corrected chi connectivity index (χ2v) is 3.67. The first-order valence-corrected chi connectivity index (χ1v) is 5.26. The fraction of sp³-hybridized carbons (Fsp3) is 0.667. The zero-order valence-electron chi connectivity index (χ0n) is 7.53. The van der Waals surface area contributed by atoms with Gasteiger partial charge >= 0.3 is 0 Å². The van der Waals surface area contributed by atoms with Crippen molar-refractivity contribution in [1.29, 1.82) is 0 Å². The van der Waals surface area contributed by atoms with Gasteiger partial charge in [-0.25, -0.2) is 0 Å². The van der Waals surface area contributed by atoms with Crippen LogP contribution in [0.1, 0.15) is 26.2 Å². The van der Waals surface area contributed by atoms with Gasteiger partial charge in [-0.1, -0.05) is 28.1 Å². The molecule has 3 heteroatoms. The third-order valence-corrected chi connectivity index (χ3v) is 1.94. The first-order chi connectivity index (χ1) is 5.66. The number of unbranched alkanes of at least 4 members (excludes halogenated alkanes) is 1. The van der Waals surface area contributed by atoms with E-state index in [4.69, 9.17) is 0 Å². The van der Waals surface area contributed by atoms with E-state index in [9.17, 15) is 4.79 Å². The fourth-order valence-corrected chi connectivity index (χ4v) is 1.11. The monoisotopic (exact) mass is 233 g/mol. The van der Waals surface area contributed by atoms with Crippen LogP contribution < -0.4 is 5.32 Å². The Hall–Kier alpha value is -0.310. The molecule has 0 aliphatic heterocycles. The molecule has 0 aromatic carbocycles. The van der Waals surface area contributed by atoms with Crippen LogP contribution >= 0.6 is 15.9 Å². The van der Waals surface area contributed by atoms with Crippen LogP contribution in [0.4, 0.5) is 0 Å². The van der Waals surface area contributed by atoms with Gasteiger partial charge in [-0.2, -0.15) is 0 Å². The zero-order valence-corrected chi connectivity index (χ0v) is 9.11. The number of rotatable bonds is 6. The molecule has 0 fully saturated rings. The predicted molar refractivity (Wildman–Crippen MR) is 55.5 cm³/mol. The predicted octanol–water partition coefficient (Wildman–Crippen LogP) is 2.24. The van der Waals surface area contributed by atoms with Crippen molar-refractivity contribution < 1.29 is 4.79 Å². The summed E-state index contributed by atoms with van der Waals surface area (Å²) in [4.78, 5) is 11.1. The molecular formula is C9H16BrNO. The Labute approximate surface area is 82.5 Å². The van der Waals surface area contributed by atoms with Gasteiger partial charge in [0.05, 0.1) is 0 Å². The van der Waals surface area contributed by atoms with Gasteiger partial charge in [0.1, 0.15) is 0 Å². The highest BCUT2D eigenvalue weighted by molar-refractivity contribution is 9.09. The molecule has 0 unspecified atom stereocenters. The average molecular weight is 234 g/mol. The number of amides is 1. The molecule has 2 nitrogen and oxygen atoms in total. The molecule has 0 aromatic heterocycles. The lowest BCUT2D eigenvalue weighted by molar-refractivity contribution is -0.121. The summed E-state index contributed by atoms with van der Waals surface area (Å²) in [6.07, 6.45) is 2.63. The van der Waals surface area contributed by atoms with Crippen LogP contribution in [0.15, 0.2) is 12.2 Å². The van der Waals surface area contributed by atoms with E-state index in [1.54, 1.807) is 0 Å². The molecule has 0 spiro atoms. The van der Waals surface area contributed by atoms with Gasteiger partial charge in [-0.3, -0.25) is 4.79 Å². The summed E-state index contributed by atoms with van der Waals surface area (Å²) in [6, 6.07) is 0. The van der Waals surface area contributed by atoms with E-state index in [0.29, 0.717) is 13.0 Å². The van der Waals surface area contributed by atoms with Crippen LogP contribution in [0.2, 0.25) is 0 Å². The smallest absolute Gasteiger partial charge is 0.220 e. The third-order valence-electron chi connectivity index (χ3n) is 1.37. The SMILES string of the molecule is C=C(C)CNC(=O)CCCCBr. The van der Waals surface area contributed by atoms with E-state index in [0.717, 1.165) is 23.7 Å². The summed E-state index contributed by atoms with van der Waals surface area (Å²) in [5, 5.41) is 3.76. The largest absolute Gasteiger partial charge is 0.352 e. The van der Waals surface area contributed by atoms with Crippen LogP contribution in [0.5, 0.6) is 0 Å². The van der Waals surface area contributed by atoms with Crippen LogP contribution in [-0.4, -0.2) is 17.8 Å². The zero-order chi connectivity index (χ0) is 9.40. The van der Waals surface area contributed by atoms with Crippen LogP contribution in [0.3, 0.4) is 0 Å². The number of carbonyl (C=O) groups excluding carboxylic acids is 1. The van der Waals surface area contributed by atoms with Crippen LogP contribution in [-0.2, 0) is 4.79 Å². The molecule has 70 valence electrons. The number of hydrogen-bond acceptors (Lipinski definition) is 1. The van der Waals surface area contributed by atoms with Crippen molar-refractivity contribution in [3.63, 3.8) is 0 Å². The number of halogens is 1. The van der Waals surface area contributed by atoms with Crippen LogP contribution in [0.25, 0.3) is 0 Å². The van der Waals surface area contributed by atoms with Gasteiger partial charge in [0.25, 0.3) is 0 Å². The summed E-state index contributed by atoms with van der Waals surface area (Å²) >= 11 is 3.32. The Morgan fingerprint density at radius 2 is 2.17 bits per heavy atom. The lowest BCUT2D eigenvalue weighted by Gasteiger charge is -2.03. The maximum absolute atomic E-state index is 11.1. The molecule has 0 saturated heterocycles. The first-order valence-electron chi connectivity index (χ1n) is 4.14. The standard InChI is InChI=1S/C9H16BrNO/c1-8(2)7-11-9(12)5-3-4-6-10/h1,3-7H2,2H3,(H,11,12). The fourth-order valence-electron chi connectivity index (χ4n) is 0.718. The van der Waals surface area contributed by atoms with E-state index >= 15 is 0 Å². The van der Waals surface area contributed by atoms with Crippen LogP contribution in [0, 0.1) is 0 Å². The van der Waals surface area contributed by atoms with Crippen molar-refractivity contribution >= 4 is 21.8 Å². The second-order valence-electron chi connectivity index (χ2n) is 2.88. The number of alkyl halides is 1. The quantitative estimate of drug-likeness (QED) is 0.426. The van der Waals surface area contributed by atoms with Crippen molar-refractivity contribution in [2.24, 2.45) is 0 Å². The molecule has 0 bridgehead atoms. The molecule has 0 aliphatic rings. The summed E-state index contributed by atoms with van der Waals surface area (Å²) in [5.74, 6) is 0.124. The molecule has 0 saturated carbocycles. The number of hydrogen-bond donors (Lipinski definition) is 1. The van der Waals surface area contributed by atoms with Gasteiger partial charge in [0, 0.05) is 18.3 Å². The molecule has 1 N–H and O–H groups in total. The van der Waals surface area contributed by atoms with E-state index in [1.165, 1.54) is 0 Å². The normalized spacial score (nSPS) is 9.50. The minimum Gasteiger partial charge on any atom is -0.352 e. The number of carbonyl (C=O) groups is 1. The lowest BCUT2D eigenvalue weighted by Crippen LogP contribution is -2.24. The minimum atomic E-state index is 0.124. The topological polar surface area (TPSA) is 29.1 Å². The first kappa shape index (κ1) is 11.7. The lowest BCUT2D eigenvalue weighted by atomic mass is 10.2. The average Bonchev–Trinajstić information content (AvgIpc) is 2.01. The summed E-state index contributed by atoms with van der Waals surface area (Å²) in [5.41, 5.74) is 0.990. The molecule has 0 heterocycles. The Morgan fingerprint density at radius 1 is 1.50 bits per heavy atom. The highest BCUT2D eigenvalue weighted by Crippen LogP contribution is 1.98. The Kier molecular flexibility index (Phi) is 7.16. The van der Waals surface area contributed by atoms with Gasteiger partial charge in [-0.05, 0) is 19.8 Å². The summed E-state index contributed by atoms with van der Waals surface area (Å²) in [6.45, 7) is 6.21. The molecule has 0 atom stereocenters. The Bertz CT molecular complexity index is 157. The van der Waals surface area contributed by atoms with Gasteiger partial charge < -0.3 is 5.32 Å². The van der Waals surface area contributed by atoms with Crippen molar-refractivity contribution in [2.45, 2.75) is 26.2 Å². The Morgan fingerprint density at radius 3 is 2.67 bits per heavy atom. The number of nitrogens with one attached hydrogen (secondary N) is 1. The highest BCUT2D eigenvalue weighted by atomic mass is 79.9. The van der Waals surface area contributed by atoms with Gasteiger partial charge in [0.2, 0.25) is 5.91 Å². The van der Waals surface area contributed by atoms with Gasteiger partial charge in [0.15, 0.2) is 0 Å². The van der Waals surface area contributed by atoms with E-state index in [2.05, 4.69) is 27.8 Å². The molecule has 12 heavy (non-hydrogen) atoms. The van der Waals surface area contributed by atoms with E-state index in [1.807, 2.05) is 6.92 Å². The second kappa shape index (κ2) is 7.35. The van der Waals surface area contributed by atoms with E-state index < -0.39 is 0 Å². The maximum atomic E-state index is 11.1. The molecule has 0 aromatic rings. The van der Waals surface area contributed by atoms with Crippen molar-refractivity contribution in [3.05, 3.63) is 12.2 Å². The molecule has 1 amide bonds. The molecule has 0 radical (unpaired) electrons. The third kappa shape index (κ3) is 7.79. The summed E-state index contributed by atoms with van der Waals surface area (Å²) < 4.78 is 0. The molecule has 0 rings (SSSR count). The summed E-state index contributed by atoms with van der Waals surface area (Å²) in [7, 11) is 0. The Balaban J connectivity index is 3.28.